The molecule has 0 unspecified atom stereocenters. The molecule has 0 aromatic heterocycles. The molecule has 0 aliphatic carbocycles. The average molecular weight is 291 g/mol. The van der Waals surface area contributed by atoms with Gasteiger partial charge in [0.1, 0.15) is 23.0 Å². The molecule has 0 bridgehead atoms. The van der Waals surface area contributed by atoms with Gasteiger partial charge < -0.3 is 10.1 Å². The van der Waals surface area contributed by atoms with E-state index in [9.17, 15) is 8.78 Å². The maximum absolute atomic E-state index is 13.6. The Balaban J connectivity index is 2.23. The Morgan fingerprint density at radius 3 is 2.29 bits per heavy atom. The van der Waals surface area contributed by atoms with E-state index in [-0.39, 0.29) is 11.3 Å². The molecule has 0 aliphatic rings. The van der Waals surface area contributed by atoms with Crippen LogP contribution in [0.1, 0.15) is 26.3 Å². The van der Waals surface area contributed by atoms with Crippen molar-refractivity contribution in [2.24, 2.45) is 0 Å². The number of aryl methyl sites for hydroxylation is 1. The predicted octanol–water partition coefficient (Wildman–Crippen LogP) is 5.19. The van der Waals surface area contributed by atoms with E-state index >= 15 is 0 Å². The Morgan fingerprint density at radius 1 is 0.952 bits per heavy atom. The van der Waals surface area contributed by atoms with E-state index in [4.69, 9.17) is 4.74 Å². The van der Waals surface area contributed by atoms with Crippen LogP contribution in [0.3, 0.4) is 0 Å². The van der Waals surface area contributed by atoms with Crippen LogP contribution in [0.15, 0.2) is 36.4 Å². The first kappa shape index (κ1) is 15.3. The van der Waals surface area contributed by atoms with Gasteiger partial charge in [0.25, 0.3) is 0 Å². The van der Waals surface area contributed by atoms with Crippen molar-refractivity contribution in [2.45, 2.75) is 33.3 Å². The van der Waals surface area contributed by atoms with Crippen molar-refractivity contribution < 1.29 is 13.5 Å². The molecule has 2 aromatic rings. The molecule has 0 saturated heterocycles. The highest BCUT2D eigenvalue weighted by atomic mass is 19.1. The van der Waals surface area contributed by atoms with Gasteiger partial charge in [-0.15, -0.1) is 0 Å². The van der Waals surface area contributed by atoms with Crippen molar-refractivity contribution >= 4 is 11.4 Å². The molecule has 0 atom stereocenters. The first-order valence-corrected chi connectivity index (χ1v) is 6.76. The van der Waals surface area contributed by atoms with E-state index in [1.807, 2.05) is 33.8 Å². The van der Waals surface area contributed by atoms with Crippen LogP contribution >= 0.6 is 0 Å². The minimum Gasteiger partial charge on any atom is -0.488 e. The second-order valence-corrected chi connectivity index (χ2v) is 5.94. The van der Waals surface area contributed by atoms with E-state index in [0.29, 0.717) is 5.69 Å². The fraction of sp³-hybridized carbons (Fsp3) is 0.294. The Morgan fingerprint density at radius 2 is 1.67 bits per heavy atom. The molecule has 2 nitrogen and oxygen atoms in total. The zero-order valence-corrected chi connectivity index (χ0v) is 12.6. The van der Waals surface area contributed by atoms with Gasteiger partial charge in [-0.1, -0.05) is 0 Å². The Bertz CT molecular complexity index is 648. The lowest BCUT2D eigenvalue weighted by Gasteiger charge is -2.22. The normalized spacial score (nSPS) is 11.3. The molecule has 2 rings (SSSR count). The number of anilines is 2. The van der Waals surface area contributed by atoms with Gasteiger partial charge in [-0.25, -0.2) is 8.78 Å². The van der Waals surface area contributed by atoms with E-state index in [2.05, 4.69) is 5.32 Å². The second-order valence-electron chi connectivity index (χ2n) is 5.94. The van der Waals surface area contributed by atoms with Crippen LogP contribution in [-0.2, 0) is 0 Å². The highest BCUT2D eigenvalue weighted by molar-refractivity contribution is 5.64. The van der Waals surface area contributed by atoms with Gasteiger partial charge in [-0.3, -0.25) is 0 Å². The SMILES string of the molecule is Cc1cc(OC(C)(C)C)ccc1Nc1cc(F)ccc1F. The maximum atomic E-state index is 13.6. The summed E-state index contributed by atoms with van der Waals surface area (Å²) < 4.78 is 32.6. The van der Waals surface area contributed by atoms with Crippen molar-refractivity contribution in [2.75, 3.05) is 5.32 Å². The summed E-state index contributed by atoms with van der Waals surface area (Å²) in [6, 6.07) is 8.79. The molecule has 0 amide bonds. The molecule has 1 N–H and O–H groups in total. The third-order valence-corrected chi connectivity index (χ3v) is 2.82. The molecule has 0 spiro atoms. The van der Waals surface area contributed by atoms with Crippen LogP contribution in [0.2, 0.25) is 0 Å². The summed E-state index contributed by atoms with van der Waals surface area (Å²) in [6.45, 7) is 7.79. The minimum absolute atomic E-state index is 0.114. The lowest BCUT2D eigenvalue weighted by atomic mass is 10.1. The van der Waals surface area contributed by atoms with Gasteiger partial charge in [0.15, 0.2) is 0 Å². The van der Waals surface area contributed by atoms with Crippen LogP contribution in [0, 0.1) is 18.6 Å². The van der Waals surface area contributed by atoms with Crippen LogP contribution in [0.5, 0.6) is 5.75 Å². The largest absolute Gasteiger partial charge is 0.488 e. The predicted molar refractivity (Wildman–Crippen MR) is 81.2 cm³/mol. The number of hydrogen-bond donors (Lipinski definition) is 1. The Kier molecular flexibility index (Phi) is 4.16. The molecular formula is C17H19F2NO. The number of ether oxygens (including phenoxy) is 1. The molecular weight excluding hydrogens is 272 g/mol. The number of halogens is 2. The molecule has 4 heteroatoms. The summed E-state index contributed by atoms with van der Waals surface area (Å²) >= 11 is 0. The monoisotopic (exact) mass is 291 g/mol. The smallest absolute Gasteiger partial charge is 0.146 e. The first-order valence-electron chi connectivity index (χ1n) is 6.76. The fourth-order valence-electron chi connectivity index (χ4n) is 1.93. The standard InChI is InChI=1S/C17H19F2NO/c1-11-9-13(21-17(2,3)4)6-8-15(11)20-16-10-12(18)5-7-14(16)19/h5-10,20H,1-4H3. The number of benzene rings is 2. The molecule has 112 valence electrons. The van der Waals surface area contributed by atoms with Crippen LogP contribution in [-0.4, -0.2) is 5.60 Å². The van der Waals surface area contributed by atoms with Crippen LogP contribution in [0.4, 0.5) is 20.2 Å². The summed E-state index contributed by atoms with van der Waals surface area (Å²) in [5, 5.41) is 2.90. The lowest BCUT2D eigenvalue weighted by Crippen LogP contribution is -2.22. The van der Waals surface area contributed by atoms with Crippen molar-refractivity contribution in [3.05, 3.63) is 53.6 Å². The fourth-order valence-corrected chi connectivity index (χ4v) is 1.93. The van der Waals surface area contributed by atoms with E-state index < -0.39 is 11.6 Å². The summed E-state index contributed by atoms with van der Waals surface area (Å²) in [4.78, 5) is 0. The summed E-state index contributed by atoms with van der Waals surface area (Å²) in [6.07, 6.45) is 0. The highest BCUT2D eigenvalue weighted by Crippen LogP contribution is 2.28. The summed E-state index contributed by atoms with van der Waals surface area (Å²) in [5.41, 5.74) is 1.43. The van der Waals surface area contributed by atoms with Gasteiger partial charge in [0, 0.05) is 11.8 Å². The molecule has 2 aromatic carbocycles. The summed E-state index contributed by atoms with van der Waals surface area (Å²) in [5.74, 6) is -0.236. The van der Waals surface area contributed by atoms with Crippen LogP contribution < -0.4 is 10.1 Å². The molecule has 0 aliphatic heterocycles. The van der Waals surface area contributed by atoms with Gasteiger partial charge in [-0.2, -0.15) is 0 Å². The summed E-state index contributed by atoms with van der Waals surface area (Å²) in [7, 11) is 0. The van der Waals surface area contributed by atoms with Gasteiger partial charge in [-0.05, 0) is 63.6 Å². The van der Waals surface area contributed by atoms with Crippen LogP contribution in [0.25, 0.3) is 0 Å². The highest BCUT2D eigenvalue weighted by Gasteiger charge is 2.13. The molecule has 0 saturated carbocycles. The number of rotatable bonds is 3. The third kappa shape index (κ3) is 4.18. The van der Waals surface area contributed by atoms with Gasteiger partial charge >= 0.3 is 0 Å². The maximum Gasteiger partial charge on any atom is 0.146 e. The molecule has 0 heterocycles. The average Bonchev–Trinajstić information content (AvgIpc) is 2.35. The van der Waals surface area contributed by atoms with Gasteiger partial charge in [0.05, 0.1) is 5.69 Å². The van der Waals surface area contributed by atoms with Crippen molar-refractivity contribution in [1.29, 1.82) is 0 Å². The molecule has 0 fully saturated rings. The third-order valence-electron chi connectivity index (χ3n) is 2.82. The minimum atomic E-state index is -0.495. The first-order chi connectivity index (χ1) is 9.74. The Labute approximate surface area is 123 Å². The zero-order valence-electron chi connectivity index (χ0n) is 12.6. The number of hydrogen-bond acceptors (Lipinski definition) is 2. The quantitative estimate of drug-likeness (QED) is 0.839. The van der Waals surface area contributed by atoms with Crippen molar-refractivity contribution in [3.8, 4) is 5.75 Å². The van der Waals surface area contributed by atoms with Crippen molar-refractivity contribution in [3.63, 3.8) is 0 Å². The van der Waals surface area contributed by atoms with E-state index in [1.54, 1.807) is 12.1 Å². The zero-order chi connectivity index (χ0) is 15.6. The van der Waals surface area contributed by atoms with E-state index in [1.165, 1.54) is 0 Å². The molecule has 21 heavy (non-hydrogen) atoms. The molecule has 0 radical (unpaired) electrons. The number of nitrogens with one attached hydrogen (secondary N) is 1. The Hall–Kier alpha value is -2.10. The van der Waals surface area contributed by atoms with Gasteiger partial charge in [0.2, 0.25) is 0 Å². The van der Waals surface area contributed by atoms with E-state index in [0.717, 1.165) is 29.5 Å². The topological polar surface area (TPSA) is 21.3 Å². The second kappa shape index (κ2) is 5.72. The van der Waals surface area contributed by atoms with Crippen molar-refractivity contribution in [1.82, 2.24) is 0 Å². The lowest BCUT2D eigenvalue weighted by molar-refractivity contribution is 0.131.